The molecule has 1 heterocycles. The van der Waals surface area contributed by atoms with Crippen molar-refractivity contribution in [3.63, 3.8) is 0 Å². The molecular weight excluding hydrogens is 286 g/mol. The Bertz CT molecular complexity index is 680. The molecule has 1 unspecified atom stereocenters. The van der Waals surface area contributed by atoms with E-state index in [0.717, 1.165) is 0 Å². The third kappa shape index (κ3) is 3.12. The van der Waals surface area contributed by atoms with Crippen LogP contribution in [0.2, 0.25) is 0 Å². The van der Waals surface area contributed by atoms with E-state index in [1.807, 2.05) is 6.92 Å². The number of aromatic nitrogens is 2. The summed E-state index contributed by atoms with van der Waals surface area (Å²) in [6.45, 7) is 2.22. The fraction of sp³-hybridized carbons (Fsp3) is 0.286. The van der Waals surface area contributed by atoms with Crippen molar-refractivity contribution in [1.29, 1.82) is 0 Å². The molecule has 2 rings (SSSR count). The first-order valence-corrected chi connectivity index (χ1v) is 6.71. The summed E-state index contributed by atoms with van der Waals surface area (Å²) in [5.41, 5.74) is 6.48. The fourth-order valence-corrected chi connectivity index (χ4v) is 1.85. The lowest BCUT2D eigenvalue weighted by Crippen LogP contribution is -2.39. The predicted molar refractivity (Wildman–Crippen MR) is 80.8 cm³/mol. The van der Waals surface area contributed by atoms with Crippen LogP contribution in [0.5, 0.6) is 0 Å². The number of carbonyl (C=O) groups excluding carboxylic acids is 1. The van der Waals surface area contributed by atoms with E-state index in [0.29, 0.717) is 17.9 Å². The van der Waals surface area contributed by atoms with E-state index in [1.54, 1.807) is 31.4 Å². The summed E-state index contributed by atoms with van der Waals surface area (Å²) in [6.07, 6.45) is 1.63. The van der Waals surface area contributed by atoms with Crippen LogP contribution in [-0.4, -0.2) is 45.1 Å². The molecule has 1 aromatic carbocycles. The Kier molecular flexibility index (Phi) is 4.52. The SMILES string of the molecule is CC(CN)N(C)C(=O)c1ccn(-c2ccc([N+](=O)[O-])cc2)n1. The highest BCUT2D eigenvalue weighted by Gasteiger charge is 2.19. The summed E-state index contributed by atoms with van der Waals surface area (Å²) in [6, 6.07) is 7.44. The Labute approximate surface area is 127 Å². The highest BCUT2D eigenvalue weighted by molar-refractivity contribution is 5.92. The van der Waals surface area contributed by atoms with Crippen molar-refractivity contribution in [2.45, 2.75) is 13.0 Å². The number of hydrogen-bond donors (Lipinski definition) is 1. The second kappa shape index (κ2) is 6.35. The van der Waals surface area contributed by atoms with Gasteiger partial charge in [-0.05, 0) is 25.1 Å². The van der Waals surface area contributed by atoms with Crippen molar-refractivity contribution in [2.24, 2.45) is 5.73 Å². The highest BCUT2D eigenvalue weighted by Crippen LogP contribution is 2.15. The average Bonchev–Trinajstić information content (AvgIpc) is 3.02. The molecule has 0 aliphatic rings. The summed E-state index contributed by atoms with van der Waals surface area (Å²) in [4.78, 5) is 23.9. The lowest BCUT2D eigenvalue weighted by molar-refractivity contribution is -0.384. The molecule has 0 aliphatic heterocycles. The first kappa shape index (κ1) is 15.6. The number of non-ortho nitro benzene ring substituents is 1. The standard InChI is InChI=1S/C14H17N5O3/c1-10(9-15)17(2)14(20)13-7-8-18(16-13)11-3-5-12(6-4-11)19(21)22/h3-8,10H,9,15H2,1-2H3. The van der Waals surface area contributed by atoms with Gasteiger partial charge in [0, 0.05) is 38.0 Å². The maximum absolute atomic E-state index is 12.2. The van der Waals surface area contributed by atoms with Gasteiger partial charge in [-0.1, -0.05) is 0 Å². The lowest BCUT2D eigenvalue weighted by atomic mass is 10.2. The molecule has 1 aromatic heterocycles. The van der Waals surface area contributed by atoms with Crippen molar-refractivity contribution in [2.75, 3.05) is 13.6 Å². The molecule has 0 saturated heterocycles. The first-order chi connectivity index (χ1) is 10.4. The Hall–Kier alpha value is -2.74. The minimum atomic E-state index is -0.467. The van der Waals surface area contributed by atoms with Crippen LogP contribution in [0.4, 0.5) is 5.69 Å². The lowest BCUT2D eigenvalue weighted by Gasteiger charge is -2.22. The molecule has 8 heteroatoms. The molecule has 0 aliphatic carbocycles. The molecule has 2 N–H and O–H groups in total. The van der Waals surface area contributed by atoms with Crippen LogP contribution < -0.4 is 5.73 Å². The maximum Gasteiger partial charge on any atom is 0.274 e. The molecule has 22 heavy (non-hydrogen) atoms. The van der Waals surface area contributed by atoms with E-state index < -0.39 is 4.92 Å². The minimum Gasteiger partial charge on any atom is -0.336 e. The molecule has 0 spiro atoms. The molecule has 2 aromatic rings. The summed E-state index contributed by atoms with van der Waals surface area (Å²) < 4.78 is 1.50. The number of benzene rings is 1. The molecule has 0 saturated carbocycles. The third-order valence-electron chi connectivity index (χ3n) is 3.46. The van der Waals surface area contributed by atoms with Crippen LogP contribution in [0.3, 0.4) is 0 Å². The Morgan fingerprint density at radius 3 is 2.59 bits per heavy atom. The molecule has 0 fully saturated rings. The number of hydrogen-bond acceptors (Lipinski definition) is 5. The van der Waals surface area contributed by atoms with Gasteiger partial charge in [0.1, 0.15) is 0 Å². The van der Waals surface area contributed by atoms with Crippen LogP contribution in [0.25, 0.3) is 5.69 Å². The van der Waals surface area contributed by atoms with Gasteiger partial charge in [-0.2, -0.15) is 5.10 Å². The molecule has 1 atom stereocenters. The largest absolute Gasteiger partial charge is 0.336 e. The van der Waals surface area contributed by atoms with Gasteiger partial charge in [0.2, 0.25) is 0 Å². The van der Waals surface area contributed by atoms with Gasteiger partial charge in [-0.15, -0.1) is 0 Å². The van der Waals surface area contributed by atoms with Crippen molar-refractivity contribution in [3.05, 3.63) is 52.3 Å². The number of rotatable bonds is 5. The molecule has 8 nitrogen and oxygen atoms in total. The quantitative estimate of drug-likeness (QED) is 0.659. The van der Waals surface area contributed by atoms with Gasteiger partial charge in [0.15, 0.2) is 5.69 Å². The van der Waals surface area contributed by atoms with E-state index in [-0.39, 0.29) is 17.6 Å². The number of nitrogens with zero attached hydrogens (tertiary/aromatic N) is 4. The molecule has 0 radical (unpaired) electrons. The Balaban J connectivity index is 2.20. The molecule has 116 valence electrons. The topological polar surface area (TPSA) is 107 Å². The maximum atomic E-state index is 12.2. The zero-order chi connectivity index (χ0) is 16.3. The number of nitro benzene ring substituents is 1. The fourth-order valence-electron chi connectivity index (χ4n) is 1.85. The summed E-state index contributed by atoms with van der Waals surface area (Å²) >= 11 is 0. The van der Waals surface area contributed by atoms with Gasteiger partial charge in [-0.3, -0.25) is 14.9 Å². The third-order valence-corrected chi connectivity index (χ3v) is 3.46. The summed E-state index contributed by atoms with van der Waals surface area (Å²) in [5, 5.41) is 14.8. The van der Waals surface area contributed by atoms with Gasteiger partial charge < -0.3 is 10.6 Å². The van der Waals surface area contributed by atoms with Crippen LogP contribution in [0, 0.1) is 10.1 Å². The van der Waals surface area contributed by atoms with Crippen LogP contribution in [-0.2, 0) is 0 Å². The number of nitrogens with two attached hydrogens (primary N) is 1. The number of nitro groups is 1. The Morgan fingerprint density at radius 1 is 1.41 bits per heavy atom. The van der Waals surface area contributed by atoms with Gasteiger partial charge in [0.25, 0.3) is 11.6 Å². The highest BCUT2D eigenvalue weighted by atomic mass is 16.6. The van der Waals surface area contributed by atoms with Crippen molar-refractivity contribution >= 4 is 11.6 Å². The van der Waals surface area contributed by atoms with Crippen molar-refractivity contribution < 1.29 is 9.72 Å². The van der Waals surface area contributed by atoms with Gasteiger partial charge in [-0.25, -0.2) is 4.68 Å². The second-order valence-corrected chi connectivity index (χ2v) is 4.92. The number of likely N-dealkylation sites (N-methyl/N-ethyl adjacent to an activating group) is 1. The molecule has 1 amide bonds. The average molecular weight is 303 g/mol. The van der Waals surface area contributed by atoms with Crippen LogP contribution >= 0.6 is 0 Å². The summed E-state index contributed by atoms with van der Waals surface area (Å²) in [5.74, 6) is -0.224. The van der Waals surface area contributed by atoms with Gasteiger partial charge in [0.05, 0.1) is 10.6 Å². The first-order valence-electron chi connectivity index (χ1n) is 6.71. The second-order valence-electron chi connectivity index (χ2n) is 4.92. The van der Waals surface area contributed by atoms with Crippen molar-refractivity contribution in [1.82, 2.24) is 14.7 Å². The predicted octanol–water partition coefficient (Wildman–Crippen LogP) is 1.20. The van der Waals surface area contributed by atoms with Crippen molar-refractivity contribution in [3.8, 4) is 5.69 Å². The van der Waals surface area contributed by atoms with E-state index in [2.05, 4.69) is 5.10 Å². The zero-order valence-corrected chi connectivity index (χ0v) is 12.3. The monoisotopic (exact) mass is 303 g/mol. The number of carbonyl (C=O) groups is 1. The zero-order valence-electron chi connectivity index (χ0n) is 12.3. The van der Waals surface area contributed by atoms with Crippen LogP contribution in [0.15, 0.2) is 36.5 Å². The van der Waals surface area contributed by atoms with E-state index in [9.17, 15) is 14.9 Å². The minimum absolute atomic E-state index is 0.00344. The van der Waals surface area contributed by atoms with Crippen LogP contribution in [0.1, 0.15) is 17.4 Å². The number of amides is 1. The van der Waals surface area contributed by atoms with E-state index in [1.165, 1.54) is 21.7 Å². The van der Waals surface area contributed by atoms with E-state index in [4.69, 9.17) is 5.73 Å². The smallest absolute Gasteiger partial charge is 0.274 e. The van der Waals surface area contributed by atoms with E-state index >= 15 is 0 Å². The normalized spacial score (nSPS) is 12.0. The molecule has 0 bridgehead atoms. The summed E-state index contributed by atoms with van der Waals surface area (Å²) in [7, 11) is 1.67. The molecular formula is C14H17N5O3. The van der Waals surface area contributed by atoms with Gasteiger partial charge >= 0.3 is 0 Å². The Morgan fingerprint density at radius 2 is 2.05 bits per heavy atom.